The van der Waals surface area contributed by atoms with Crippen LogP contribution in [0.3, 0.4) is 0 Å². The average molecular weight is 429 g/mol. The Labute approximate surface area is 176 Å². The number of hydrogen-bond acceptors (Lipinski definition) is 7. The minimum Gasteiger partial charge on any atom is -0.467 e. The maximum atomic E-state index is 12.8. The predicted octanol–water partition coefficient (Wildman–Crippen LogP) is 2.42. The number of rotatable bonds is 5. The van der Waals surface area contributed by atoms with Crippen molar-refractivity contribution in [2.24, 2.45) is 10.2 Å². The zero-order valence-corrected chi connectivity index (χ0v) is 16.5. The van der Waals surface area contributed by atoms with Crippen LogP contribution in [0.1, 0.15) is 36.6 Å². The van der Waals surface area contributed by atoms with Gasteiger partial charge in [-0.05, 0) is 29.8 Å². The molecule has 0 saturated heterocycles. The van der Waals surface area contributed by atoms with Crippen LogP contribution in [0.25, 0.3) is 0 Å². The minimum absolute atomic E-state index is 0.0664. The van der Waals surface area contributed by atoms with E-state index in [1.165, 1.54) is 11.3 Å². The van der Waals surface area contributed by atoms with Crippen molar-refractivity contribution < 1.29 is 23.5 Å². The van der Waals surface area contributed by atoms with E-state index in [4.69, 9.17) is 20.8 Å². The number of furan rings is 1. The van der Waals surface area contributed by atoms with Gasteiger partial charge in [-0.1, -0.05) is 23.7 Å². The van der Waals surface area contributed by atoms with Gasteiger partial charge in [-0.25, -0.2) is 15.2 Å². The SMILES string of the molecule is O=C1CCC(C(=O)OCC(=O)N2N=C(c3ccc(Cl)cc3)CC2c2ccco2)=NN1. The summed E-state index contributed by atoms with van der Waals surface area (Å²) in [5.41, 5.74) is 3.80. The van der Waals surface area contributed by atoms with Gasteiger partial charge in [0.05, 0.1) is 12.0 Å². The zero-order valence-electron chi connectivity index (χ0n) is 15.7. The molecule has 30 heavy (non-hydrogen) atoms. The fourth-order valence-corrected chi connectivity index (χ4v) is 3.28. The molecule has 0 saturated carbocycles. The van der Waals surface area contributed by atoms with Crippen molar-refractivity contribution in [3.8, 4) is 0 Å². The number of carbonyl (C=O) groups is 3. The topological polar surface area (TPSA) is 114 Å². The van der Waals surface area contributed by atoms with E-state index < -0.39 is 24.5 Å². The van der Waals surface area contributed by atoms with Crippen LogP contribution >= 0.6 is 11.6 Å². The Balaban J connectivity index is 1.48. The third-order valence-electron chi connectivity index (χ3n) is 4.68. The maximum absolute atomic E-state index is 12.8. The monoisotopic (exact) mass is 428 g/mol. The van der Waals surface area contributed by atoms with Gasteiger partial charge in [0.25, 0.3) is 5.91 Å². The molecule has 1 unspecified atom stereocenters. The Morgan fingerprint density at radius 2 is 2.03 bits per heavy atom. The predicted molar refractivity (Wildman–Crippen MR) is 107 cm³/mol. The van der Waals surface area contributed by atoms with E-state index in [1.807, 2.05) is 12.1 Å². The normalized spacial score (nSPS) is 18.5. The molecule has 2 amide bonds. The number of amides is 2. The summed E-state index contributed by atoms with van der Waals surface area (Å²) in [5, 5.41) is 9.97. The molecule has 9 nitrogen and oxygen atoms in total. The highest BCUT2D eigenvalue weighted by molar-refractivity contribution is 6.37. The molecule has 0 radical (unpaired) electrons. The Morgan fingerprint density at radius 3 is 2.70 bits per heavy atom. The van der Waals surface area contributed by atoms with Crippen LogP contribution in [0.4, 0.5) is 0 Å². The van der Waals surface area contributed by atoms with Crippen LogP contribution in [-0.4, -0.2) is 40.8 Å². The number of halogens is 1. The first-order valence-electron chi connectivity index (χ1n) is 9.22. The van der Waals surface area contributed by atoms with E-state index >= 15 is 0 Å². The fourth-order valence-electron chi connectivity index (χ4n) is 3.16. The third-order valence-corrected chi connectivity index (χ3v) is 4.93. The molecule has 0 fully saturated rings. The standard InChI is InChI=1S/C20H17ClN4O5/c21-13-5-3-12(4-6-13)15-10-16(17-2-1-9-29-17)25(24-15)19(27)11-30-20(28)14-7-8-18(26)23-22-14/h1-6,9,16H,7-8,10-11H2,(H,23,26). The Bertz CT molecular complexity index is 1030. The summed E-state index contributed by atoms with van der Waals surface area (Å²) in [6, 6.07) is 10.2. The summed E-state index contributed by atoms with van der Waals surface area (Å²) >= 11 is 5.95. The molecule has 2 aliphatic heterocycles. The first-order chi connectivity index (χ1) is 14.5. The van der Waals surface area contributed by atoms with E-state index in [-0.39, 0.29) is 24.5 Å². The van der Waals surface area contributed by atoms with Crippen LogP contribution in [0.2, 0.25) is 5.02 Å². The lowest BCUT2D eigenvalue weighted by molar-refractivity contribution is -0.148. The van der Waals surface area contributed by atoms with Crippen LogP contribution in [0.15, 0.2) is 57.3 Å². The summed E-state index contributed by atoms with van der Waals surface area (Å²) in [6.45, 7) is -0.513. The fraction of sp³-hybridized carbons (Fsp3) is 0.250. The summed E-state index contributed by atoms with van der Waals surface area (Å²) in [7, 11) is 0. The lowest BCUT2D eigenvalue weighted by atomic mass is 10.0. The molecule has 0 aliphatic carbocycles. The van der Waals surface area contributed by atoms with Crippen LogP contribution in [0, 0.1) is 0 Å². The highest BCUT2D eigenvalue weighted by Crippen LogP contribution is 2.33. The van der Waals surface area contributed by atoms with E-state index in [9.17, 15) is 14.4 Å². The van der Waals surface area contributed by atoms with Gasteiger partial charge in [-0.2, -0.15) is 10.2 Å². The lowest BCUT2D eigenvalue weighted by Gasteiger charge is -2.20. The van der Waals surface area contributed by atoms with Crippen molar-refractivity contribution in [1.82, 2.24) is 10.4 Å². The third kappa shape index (κ3) is 4.25. The summed E-state index contributed by atoms with van der Waals surface area (Å²) < 4.78 is 10.6. The van der Waals surface area contributed by atoms with Crippen molar-refractivity contribution in [3.63, 3.8) is 0 Å². The largest absolute Gasteiger partial charge is 0.467 e. The number of carbonyl (C=O) groups excluding carboxylic acids is 3. The average Bonchev–Trinajstić information content (AvgIpc) is 3.43. The van der Waals surface area contributed by atoms with Gasteiger partial charge < -0.3 is 9.15 Å². The van der Waals surface area contributed by atoms with Crippen molar-refractivity contribution in [3.05, 3.63) is 59.0 Å². The second-order valence-corrected chi connectivity index (χ2v) is 7.13. The maximum Gasteiger partial charge on any atom is 0.355 e. The molecule has 4 rings (SSSR count). The highest BCUT2D eigenvalue weighted by Gasteiger charge is 2.35. The first-order valence-corrected chi connectivity index (χ1v) is 9.60. The summed E-state index contributed by atoms with van der Waals surface area (Å²) in [4.78, 5) is 36.0. The van der Waals surface area contributed by atoms with Crippen molar-refractivity contribution in [2.45, 2.75) is 25.3 Å². The van der Waals surface area contributed by atoms with Gasteiger partial charge in [0.15, 0.2) is 6.61 Å². The molecule has 0 spiro atoms. The van der Waals surface area contributed by atoms with E-state index in [2.05, 4.69) is 15.6 Å². The number of nitrogens with one attached hydrogen (secondary N) is 1. The molecule has 1 aromatic carbocycles. The second kappa shape index (κ2) is 8.50. The van der Waals surface area contributed by atoms with Gasteiger partial charge in [-0.3, -0.25) is 9.59 Å². The number of esters is 1. The van der Waals surface area contributed by atoms with Crippen LogP contribution in [-0.2, 0) is 19.1 Å². The van der Waals surface area contributed by atoms with E-state index in [1.54, 1.807) is 24.3 Å². The Kier molecular flexibility index (Phi) is 5.62. The molecule has 10 heteroatoms. The van der Waals surface area contributed by atoms with Gasteiger partial charge >= 0.3 is 5.97 Å². The lowest BCUT2D eigenvalue weighted by Crippen LogP contribution is -2.34. The number of nitrogens with zero attached hydrogens (tertiary/aromatic N) is 3. The molecule has 154 valence electrons. The highest BCUT2D eigenvalue weighted by atomic mass is 35.5. The molecule has 0 bridgehead atoms. The summed E-state index contributed by atoms with van der Waals surface area (Å²) in [6.07, 6.45) is 2.27. The molecule has 2 aromatic rings. The molecule has 1 N–H and O–H groups in total. The number of hydrazone groups is 2. The molecule has 1 atom stereocenters. The molecular weight excluding hydrogens is 412 g/mol. The van der Waals surface area contributed by atoms with Gasteiger partial charge in [0.2, 0.25) is 5.91 Å². The number of benzene rings is 1. The first kappa shape index (κ1) is 19.8. The summed E-state index contributed by atoms with van der Waals surface area (Å²) in [5.74, 6) is -0.958. The molecular formula is C20H17ClN4O5. The Morgan fingerprint density at radius 1 is 1.23 bits per heavy atom. The van der Waals surface area contributed by atoms with Crippen LogP contribution in [0.5, 0.6) is 0 Å². The number of ether oxygens (including phenoxy) is 1. The van der Waals surface area contributed by atoms with Crippen molar-refractivity contribution in [1.29, 1.82) is 0 Å². The smallest absolute Gasteiger partial charge is 0.355 e. The molecule has 2 aliphatic rings. The van der Waals surface area contributed by atoms with Gasteiger partial charge in [0.1, 0.15) is 17.5 Å². The minimum atomic E-state index is -0.751. The molecule has 1 aromatic heterocycles. The van der Waals surface area contributed by atoms with E-state index in [0.717, 1.165) is 5.56 Å². The zero-order chi connectivity index (χ0) is 21.1. The van der Waals surface area contributed by atoms with Crippen molar-refractivity contribution >= 4 is 40.8 Å². The number of hydrogen-bond donors (Lipinski definition) is 1. The second-order valence-electron chi connectivity index (χ2n) is 6.70. The van der Waals surface area contributed by atoms with Crippen molar-refractivity contribution in [2.75, 3.05) is 6.61 Å². The van der Waals surface area contributed by atoms with Gasteiger partial charge in [-0.15, -0.1) is 0 Å². The molecule has 3 heterocycles. The van der Waals surface area contributed by atoms with Gasteiger partial charge in [0, 0.05) is 24.3 Å². The van der Waals surface area contributed by atoms with E-state index in [0.29, 0.717) is 22.9 Å². The quantitative estimate of drug-likeness (QED) is 0.734. The Hall–Kier alpha value is -3.46. The van der Waals surface area contributed by atoms with Crippen LogP contribution < -0.4 is 5.43 Å².